The van der Waals surface area contributed by atoms with Crippen LogP contribution in [0.2, 0.25) is 0 Å². The molecular formula is C20H26N4O3. The lowest BCUT2D eigenvalue weighted by Gasteiger charge is -2.39. The number of rotatable bonds is 4. The Labute approximate surface area is 158 Å². The van der Waals surface area contributed by atoms with Crippen molar-refractivity contribution in [3.8, 4) is 0 Å². The molecule has 1 amide bonds. The molecule has 7 heteroatoms. The summed E-state index contributed by atoms with van der Waals surface area (Å²) in [5.74, 6) is 0.630. The van der Waals surface area contributed by atoms with Gasteiger partial charge < -0.3 is 14.2 Å². The molecule has 2 fully saturated rings. The van der Waals surface area contributed by atoms with Gasteiger partial charge in [0.1, 0.15) is 5.82 Å². The Hall–Kier alpha value is -2.41. The van der Waals surface area contributed by atoms with Crippen molar-refractivity contribution in [3.05, 3.63) is 30.1 Å². The van der Waals surface area contributed by atoms with Gasteiger partial charge in [0.2, 0.25) is 5.91 Å². The average molecular weight is 370 g/mol. The molecule has 144 valence electrons. The highest BCUT2D eigenvalue weighted by molar-refractivity contribution is 5.83. The van der Waals surface area contributed by atoms with E-state index >= 15 is 0 Å². The maximum absolute atomic E-state index is 12.9. The lowest BCUT2D eigenvalue weighted by Crippen LogP contribution is -2.56. The minimum absolute atomic E-state index is 0.0483. The van der Waals surface area contributed by atoms with E-state index in [2.05, 4.69) is 15.5 Å². The van der Waals surface area contributed by atoms with Gasteiger partial charge in [0.15, 0.2) is 0 Å². The maximum atomic E-state index is 12.9. The van der Waals surface area contributed by atoms with Crippen molar-refractivity contribution in [2.45, 2.75) is 38.4 Å². The molecule has 27 heavy (non-hydrogen) atoms. The second kappa shape index (κ2) is 6.96. The summed E-state index contributed by atoms with van der Waals surface area (Å²) < 4.78 is 7.07. The number of nitrogens with zero attached hydrogens (tertiary/aromatic N) is 4. The van der Waals surface area contributed by atoms with Gasteiger partial charge in [-0.2, -0.15) is 0 Å². The zero-order valence-electron chi connectivity index (χ0n) is 16.1. The number of aryl methyl sites for hydroxylation is 1. The fourth-order valence-electron chi connectivity index (χ4n) is 4.76. The highest BCUT2D eigenvalue weighted by Gasteiger charge is 2.49. The van der Waals surface area contributed by atoms with Crippen LogP contribution in [0.4, 0.5) is 0 Å². The van der Waals surface area contributed by atoms with E-state index in [0.717, 1.165) is 29.8 Å². The number of amides is 1. The number of ether oxygens (including phenoxy) is 1. The first-order valence-corrected chi connectivity index (χ1v) is 9.55. The minimum Gasteiger partial charge on any atom is -0.469 e. The summed E-state index contributed by atoms with van der Waals surface area (Å²) in [7, 11) is 3.44. The smallest absolute Gasteiger partial charge is 0.310 e. The third-order valence-corrected chi connectivity index (χ3v) is 6.02. The predicted molar refractivity (Wildman–Crippen MR) is 101 cm³/mol. The third-order valence-electron chi connectivity index (χ3n) is 6.02. The second-order valence-corrected chi connectivity index (χ2v) is 7.54. The second-order valence-electron chi connectivity index (χ2n) is 7.54. The summed E-state index contributed by atoms with van der Waals surface area (Å²) in [4.78, 5) is 33.8. The van der Waals surface area contributed by atoms with Gasteiger partial charge in [0, 0.05) is 25.7 Å². The molecule has 0 N–H and O–H groups in total. The van der Waals surface area contributed by atoms with E-state index in [1.165, 1.54) is 7.11 Å². The summed E-state index contributed by atoms with van der Waals surface area (Å²) in [6, 6.07) is 8.07. The number of aromatic nitrogens is 2. The average Bonchev–Trinajstić information content (AvgIpc) is 3.19. The Kier molecular flexibility index (Phi) is 4.63. The molecule has 0 saturated carbocycles. The number of fused-ring (bicyclic) bond motifs is 2. The molecule has 2 aliphatic rings. The van der Waals surface area contributed by atoms with Gasteiger partial charge in [0.25, 0.3) is 0 Å². The minimum atomic E-state index is -0.218. The number of hydrogen-bond acceptors (Lipinski definition) is 5. The highest BCUT2D eigenvalue weighted by Crippen LogP contribution is 2.35. The Morgan fingerprint density at radius 2 is 2.11 bits per heavy atom. The number of carbonyl (C=O) groups excluding carboxylic acids is 2. The first-order valence-electron chi connectivity index (χ1n) is 9.55. The van der Waals surface area contributed by atoms with Crippen molar-refractivity contribution < 1.29 is 14.3 Å². The standard InChI is InChI=1S/C20H26N4O3/c1-4-16-14(20(26)27-3)9-13-10-23(12-19(25)24(13)16)11-18-21-15-7-5-6-8-17(15)22(18)2/h5-8,13-14,16H,4,9-12H2,1-3H3/t13-,14-,16-/m0/s1. The summed E-state index contributed by atoms with van der Waals surface area (Å²) in [5, 5.41) is 0. The number of hydrogen-bond donors (Lipinski definition) is 0. The SMILES string of the molecule is CC[C@H]1[C@@H](C(=O)OC)C[C@H]2CN(Cc3nc4ccccc4n3C)CC(=O)N21. The number of para-hydroxylation sites is 2. The van der Waals surface area contributed by atoms with Crippen LogP contribution in [0.1, 0.15) is 25.6 Å². The molecule has 7 nitrogen and oxygen atoms in total. The van der Waals surface area contributed by atoms with Gasteiger partial charge >= 0.3 is 5.97 Å². The maximum Gasteiger partial charge on any atom is 0.310 e. The Morgan fingerprint density at radius 1 is 1.33 bits per heavy atom. The van der Waals surface area contributed by atoms with Gasteiger partial charge in [0.05, 0.1) is 37.2 Å². The molecule has 3 heterocycles. The van der Waals surface area contributed by atoms with Crippen LogP contribution in [0, 0.1) is 5.92 Å². The van der Waals surface area contributed by atoms with Gasteiger partial charge in [-0.25, -0.2) is 4.98 Å². The largest absolute Gasteiger partial charge is 0.469 e. The van der Waals surface area contributed by atoms with Crippen LogP contribution < -0.4 is 0 Å². The van der Waals surface area contributed by atoms with E-state index in [9.17, 15) is 9.59 Å². The first-order chi connectivity index (χ1) is 13.0. The number of benzene rings is 1. The molecule has 4 rings (SSSR count). The highest BCUT2D eigenvalue weighted by atomic mass is 16.5. The zero-order valence-corrected chi connectivity index (χ0v) is 16.1. The van der Waals surface area contributed by atoms with Crippen LogP contribution in [0.25, 0.3) is 11.0 Å². The molecule has 1 aromatic heterocycles. The van der Waals surface area contributed by atoms with E-state index in [0.29, 0.717) is 19.5 Å². The van der Waals surface area contributed by atoms with Crippen LogP contribution >= 0.6 is 0 Å². The molecule has 2 aliphatic heterocycles. The summed E-state index contributed by atoms with van der Waals surface area (Å²) in [6.07, 6.45) is 1.45. The fraction of sp³-hybridized carbons (Fsp3) is 0.550. The van der Waals surface area contributed by atoms with Crippen LogP contribution in [-0.2, 0) is 27.9 Å². The fourth-order valence-corrected chi connectivity index (χ4v) is 4.76. The number of piperazine rings is 1. The van der Waals surface area contributed by atoms with Crippen molar-refractivity contribution in [3.63, 3.8) is 0 Å². The van der Waals surface area contributed by atoms with Crippen LogP contribution in [0.5, 0.6) is 0 Å². The lowest BCUT2D eigenvalue weighted by molar-refractivity contribution is -0.147. The van der Waals surface area contributed by atoms with Gasteiger partial charge in [-0.1, -0.05) is 19.1 Å². The van der Waals surface area contributed by atoms with E-state index in [4.69, 9.17) is 9.72 Å². The van der Waals surface area contributed by atoms with Gasteiger partial charge in [-0.3, -0.25) is 14.5 Å². The van der Waals surface area contributed by atoms with E-state index in [-0.39, 0.29) is 29.9 Å². The molecule has 1 aromatic carbocycles. The van der Waals surface area contributed by atoms with E-state index in [1.807, 2.05) is 37.1 Å². The van der Waals surface area contributed by atoms with Crippen molar-refractivity contribution >= 4 is 22.9 Å². The molecular weight excluding hydrogens is 344 g/mol. The molecule has 0 radical (unpaired) electrons. The number of carbonyl (C=O) groups is 2. The van der Waals surface area contributed by atoms with Crippen molar-refractivity contribution in [2.75, 3.05) is 20.2 Å². The Morgan fingerprint density at radius 3 is 2.81 bits per heavy atom. The van der Waals surface area contributed by atoms with Crippen LogP contribution in [-0.4, -0.2) is 63.5 Å². The van der Waals surface area contributed by atoms with E-state index in [1.54, 1.807) is 0 Å². The molecule has 2 saturated heterocycles. The monoisotopic (exact) mass is 370 g/mol. The van der Waals surface area contributed by atoms with Crippen molar-refractivity contribution in [1.29, 1.82) is 0 Å². The van der Waals surface area contributed by atoms with Crippen molar-refractivity contribution in [2.24, 2.45) is 13.0 Å². The molecule has 0 spiro atoms. The number of methoxy groups -OCH3 is 1. The van der Waals surface area contributed by atoms with Gasteiger partial charge in [-0.15, -0.1) is 0 Å². The quantitative estimate of drug-likeness (QED) is 0.764. The van der Waals surface area contributed by atoms with E-state index < -0.39 is 0 Å². The molecule has 2 aromatic rings. The lowest BCUT2D eigenvalue weighted by atomic mass is 9.97. The molecule has 0 bridgehead atoms. The van der Waals surface area contributed by atoms with Crippen molar-refractivity contribution in [1.82, 2.24) is 19.4 Å². The zero-order chi connectivity index (χ0) is 19.1. The Bertz CT molecular complexity index is 877. The Balaban J connectivity index is 1.53. The number of esters is 1. The molecule has 3 atom stereocenters. The topological polar surface area (TPSA) is 67.7 Å². The third kappa shape index (κ3) is 3.00. The summed E-state index contributed by atoms with van der Waals surface area (Å²) >= 11 is 0. The van der Waals surface area contributed by atoms with Crippen LogP contribution in [0.3, 0.4) is 0 Å². The number of imidazole rings is 1. The molecule has 0 unspecified atom stereocenters. The summed E-state index contributed by atoms with van der Waals surface area (Å²) in [5.41, 5.74) is 2.06. The normalized spacial score (nSPS) is 25.8. The first kappa shape index (κ1) is 18.0. The molecule has 0 aliphatic carbocycles. The predicted octanol–water partition coefficient (Wildman–Crippen LogP) is 1.56. The van der Waals surface area contributed by atoms with Crippen LogP contribution in [0.15, 0.2) is 24.3 Å². The van der Waals surface area contributed by atoms with Gasteiger partial charge in [-0.05, 0) is 25.0 Å². The summed E-state index contributed by atoms with van der Waals surface area (Å²) in [6.45, 7) is 3.78.